The SMILES string of the molecule is Cc1ccccc1-c1c(N)ccc(N)c1-c1ccccc1C. The van der Waals surface area contributed by atoms with E-state index in [4.69, 9.17) is 11.5 Å². The molecule has 3 aromatic carbocycles. The molecule has 0 unspecified atom stereocenters. The van der Waals surface area contributed by atoms with Crippen LogP contribution < -0.4 is 11.5 Å². The fourth-order valence-corrected chi connectivity index (χ4v) is 2.92. The van der Waals surface area contributed by atoms with Crippen molar-refractivity contribution in [3.8, 4) is 22.3 Å². The van der Waals surface area contributed by atoms with Gasteiger partial charge in [-0.3, -0.25) is 0 Å². The van der Waals surface area contributed by atoms with Crippen molar-refractivity contribution in [3.05, 3.63) is 71.8 Å². The van der Waals surface area contributed by atoms with Gasteiger partial charge in [-0.25, -0.2) is 0 Å². The van der Waals surface area contributed by atoms with E-state index in [-0.39, 0.29) is 0 Å². The fourth-order valence-electron chi connectivity index (χ4n) is 2.92. The van der Waals surface area contributed by atoms with E-state index in [0.29, 0.717) is 0 Å². The van der Waals surface area contributed by atoms with Gasteiger partial charge in [0.15, 0.2) is 0 Å². The second kappa shape index (κ2) is 5.57. The van der Waals surface area contributed by atoms with Crippen LogP contribution in [0.15, 0.2) is 60.7 Å². The minimum Gasteiger partial charge on any atom is -0.398 e. The zero-order valence-corrected chi connectivity index (χ0v) is 12.9. The third-order valence-corrected chi connectivity index (χ3v) is 4.10. The van der Waals surface area contributed by atoms with Gasteiger partial charge in [0.2, 0.25) is 0 Å². The van der Waals surface area contributed by atoms with E-state index in [2.05, 4.69) is 38.1 Å². The number of anilines is 2. The molecular weight excluding hydrogens is 268 g/mol. The van der Waals surface area contributed by atoms with E-state index in [1.165, 1.54) is 11.1 Å². The molecule has 0 fully saturated rings. The van der Waals surface area contributed by atoms with Gasteiger partial charge in [-0.1, -0.05) is 48.5 Å². The second-order valence-corrected chi connectivity index (χ2v) is 5.62. The minimum atomic E-state index is 0.752. The molecule has 0 atom stereocenters. The Balaban J connectivity index is 2.39. The molecule has 0 heterocycles. The summed E-state index contributed by atoms with van der Waals surface area (Å²) >= 11 is 0. The average Bonchev–Trinajstić information content (AvgIpc) is 2.51. The molecule has 0 amide bonds. The first kappa shape index (κ1) is 14.2. The number of nitrogen functional groups attached to an aromatic ring is 2. The number of aryl methyl sites for hydroxylation is 2. The highest BCUT2D eigenvalue weighted by Crippen LogP contribution is 2.42. The maximum atomic E-state index is 6.32. The molecule has 2 nitrogen and oxygen atoms in total. The van der Waals surface area contributed by atoms with Crippen molar-refractivity contribution >= 4 is 11.4 Å². The van der Waals surface area contributed by atoms with Gasteiger partial charge in [0, 0.05) is 22.5 Å². The van der Waals surface area contributed by atoms with Gasteiger partial charge >= 0.3 is 0 Å². The topological polar surface area (TPSA) is 52.0 Å². The molecule has 3 rings (SSSR count). The maximum Gasteiger partial charge on any atom is 0.0401 e. The predicted molar refractivity (Wildman–Crippen MR) is 95.6 cm³/mol. The van der Waals surface area contributed by atoms with Crippen molar-refractivity contribution < 1.29 is 0 Å². The maximum absolute atomic E-state index is 6.32. The summed E-state index contributed by atoms with van der Waals surface area (Å²) in [4.78, 5) is 0. The highest BCUT2D eigenvalue weighted by atomic mass is 14.6. The van der Waals surface area contributed by atoms with Gasteiger partial charge in [0.25, 0.3) is 0 Å². The van der Waals surface area contributed by atoms with E-state index in [9.17, 15) is 0 Å². The molecule has 0 aromatic heterocycles. The number of benzene rings is 3. The largest absolute Gasteiger partial charge is 0.398 e. The van der Waals surface area contributed by atoms with Crippen LogP contribution in [0.1, 0.15) is 11.1 Å². The van der Waals surface area contributed by atoms with Crippen LogP contribution in [0.3, 0.4) is 0 Å². The second-order valence-electron chi connectivity index (χ2n) is 5.62. The van der Waals surface area contributed by atoms with Crippen LogP contribution in [0, 0.1) is 13.8 Å². The molecule has 110 valence electrons. The summed E-state index contributed by atoms with van der Waals surface area (Å²) in [5.74, 6) is 0. The smallest absolute Gasteiger partial charge is 0.0401 e. The third-order valence-electron chi connectivity index (χ3n) is 4.10. The fraction of sp³-hybridized carbons (Fsp3) is 0.100. The molecule has 2 heteroatoms. The van der Waals surface area contributed by atoms with Crippen LogP contribution in [0.2, 0.25) is 0 Å². The van der Waals surface area contributed by atoms with Crippen molar-refractivity contribution in [2.24, 2.45) is 0 Å². The van der Waals surface area contributed by atoms with Gasteiger partial charge in [0.1, 0.15) is 0 Å². The molecule has 0 bridgehead atoms. The van der Waals surface area contributed by atoms with Crippen LogP contribution in [-0.2, 0) is 0 Å². The Labute approximate surface area is 131 Å². The first-order chi connectivity index (χ1) is 10.6. The third kappa shape index (κ3) is 2.33. The molecule has 3 aromatic rings. The van der Waals surface area contributed by atoms with Gasteiger partial charge in [0.05, 0.1) is 0 Å². The molecule has 0 aliphatic carbocycles. The summed E-state index contributed by atoms with van der Waals surface area (Å²) in [6.45, 7) is 4.19. The Morgan fingerprint density at radius 1 is 0.545 bits per heavy atom. The molecule has 4 N–H and O–H groups in total. The Morgan fingerprint density at radius 3 is 1.27 bits per heavy atom. The number of hydrogen-bond acceptors (Lipinski definition) is 2. The molecule has 22 heavy (non-hydrogen) atoms. The van der Waals surface area contributed by atoms with E-state index in [1.54, 1.807) is 0 Å². The van der Waals surface area contributed by atoms with E-state index in [1.807, 2.05) is 36.4 Å². The molecule has 0 saturated carbocycles. The van der Waals surface area contributed by atoms with E-state index < -0.39 is 0 Å². The average molecular weight is 288 g/mol. The summed E-state index contributed by atoms with van der Waals surface area (Å²) in [7, 11) is 0. The Hall–Kier alpha value is -2.74. The highest BCUT2D eigenvalue weighted by molar-refractivity contribution is 5.98. The zero-order valence-electron chi connectivity index (χ0n) is 12.9. The summed E-state index contributed by atoms with van der Waals surface area (Å²) in [6.07, 6.45) is 0. The van der Waals surface area contributed by atoms with Crippen molar-refractivity contribution in [1.29, 1.82) is 0 Å². The predicted octanol–water partition coefficient (Wildman–Crippen LogP) is 4.80. The molecule has 0 aliphatic heterocycles. The Bertz CT molecular complexity index is 764. The van der Waals surface area contributed by atoms with Gasteiger partial charge in [-0.2, -0.15) is 0 Å². The normalized spacial score (nSPS) is 10.6. The number of rotatable bonds is 2. The molecular formula is C20H20N2. The van der Waals surface area contributed by atoms with Crippen LogP contribution in [-0.4, -0.2) is 0 Å². The lowest BCUT2D eigenvalue weighted by Crippen LogP contribution is -2.00. The summed E-state index contributed by atoms with van der Waals surface area (Å²) < 4.78 is 0. The monoisotopic (exact) mass is 288 g/mol. The van der Waals surface area contributed by atoms with E-state index in [0.717, 1.165) is 33.6 Å². The Kier molecular flexibility index (Phi) is 3.60. The number of nitrogens with two attached hydrogens (primary N) is 2. The van der Waals surface area contributed by atoms with Crippen LogP contribution in [0.4, 0.5) is 11.4 Å². The molecule has 0 saturated heterocycles. The minimum absolute atomic E-state index is 0.752. The van der Waals surface area contributed by atoms with Crippen LogP contribution in [0.5, 0.6) is 0 Å². The van der Waals surface area contributed by atoms with Crippen molar-refractivity contribution in [1.82, 2.24) is 0 Å². The Morgan fingerprint density at radius 2 is 0.909 bits per heavy atom. The molecule has 0 aliphatic rings. The molecule has 0 spiro atoms. The summed E-state index contributed by atoms with van der Waals surface area (Å²) in [5, 5.41) is 0. The van der Waals surface area contributed by atoms with Gasteiger partial charge < -0.3 is 11.5 Å². The van der Waals surface area contributed by atoms with Crippen molar-refractivity contribution in [3.63, 3.8) is 0 Å². The van der Waals surface area contributed by atoms with Gasteiger partial charge in [-0.05, 0) is 48.2 Å². The summed E-state index contributed by atoms with van der Waals surface area (Å²) in [6, 6.07) is 20.3. The quantitative estimate of drug-likeness (QED) is 0.665. The highest BCUT2D eigenvalue weighted by Gasteiger charge is 2.16. The van der Waals surface area contributed by atoms with Gasteiger partial charge in [-0.15, -0.1) is 0 Å². The first-order valence-electron chi connectivity index (χ1n) is 7.39. The molecule has 0 radical (unpaired) electrons. The lowest BCUT2D eigenvalue weighted by atomic mass is 9.88. The van der Waals surface area contributed by atoms with E-state index >= 15 is 0 Å². The lowest BCUT2D eigenvalue weighted by Gasteiger charge is -2.18. The summed E-state index contributed by atoms with van der Waals surface area (Å²) in [5.41, 5.74) is 20.8. The van der Waals surface area contributed by atoms with Crippen LogP contribution >= 0.6 is 0 Å². The standard InChI is InChI=1S/C20H20N2/c1-13-7-3-5-9-15(13)19-17(21)11-12-18(22)20(19)16-10-6-4-8-14(16)2/h3-12H,21-22H2,1-2H3. The first-order valence-corrected chi connectivity index (χ1v) is 7.39. The van der Waals surface area contributed by atoms with Crippen molar-refractivity contribution in [2.45, 2.75) is 13.8 Å². The van der Waals surface area contributed by atoms with Crippen LogP contribution in [0.25, 0.3) is 22.3 Å². The van der Waals surface area contributed by atoms with Crippen molar-refractivity contribution in [2.75, 3.05) is 11.5 Å². The lowest BCUT2D eigenvalue weighted by molar-refractivity contribution is 1.43. The zero-order chi connectivity index (χ0) is 15.7. The number of hydrogen-bond donors (Lipinski definition) is 2.